The number of anilines is 1. The van der Waals surface area contributed by atoms with Crippen molar-refractivity contribution in [2.45, 2.75) is 25.2 Å². The second-order valence-corrected chi connectivity index (χ2v) is 6.81. The van der Waals surface area contributed by atoms with Gasteiger partial charge in [0.15, 0.2) is 0 Å². The maximum atomic E-state index is 13.1. The fourth-order valence-corrected chi connectivity index (χ4v) is 3.31. The molecule has 2 aromatic rings. The molecule has 2 N–H and O–H groups in total. The Morgan fingerprint density at radius 3 is 2.40 bits per heavy atom. The minimum absolute atomic E-state index is 0.0529. The summed E-state index contributed by atoms with van der Waals surface area (Å²) in [5.41, 5.74) is 8.03. The van der Waals surface area contributed by atoms with Crippen molar-refractivity contribution < 1.29 is 14.0 Å². The highest BCUT2D eigenvalue weighted by Gasteiger charge is 2.17. The van der Waals surface area contributed by atoms with Crippen molar-refractivity contribution in [3.05, 3.63) is 59.4 Å². The molecule has 0 saturated carbocycles. The van der Waals surface area contributed by atoms with Crippen molar-refractivity contribution in [3.63, 3.8) is 0 Å². The molecule has 0 atom stereocenters. The van der Waals surface area contributed by atoms with Crippen molar-refractivity contribution >= 4 is 29.3 Å². The first-order valence-corrected chi connectivity index (χ1v) is 8.89. The molecule has 0 fully saturated rings. The zero-order valence-electron chi connectivity index (χ0n) is 14.3. The Morgan fingerprint density at radius 2 is 1.80 bits per heavy atom. The molecule has 2 rings (SSSR count). The van der Waals surface area contributed by atoms with E-state index >= 15 is 0 Å². The summed E-state index contributed by atoms with van der Waals surface area (Å²) in [6.45, 7) is 4.20. The zero-order chi connectivity index (χ0) is 18.4. The standard InChI is InChI=1S/C19H21FN2O2S/c1-13-3-8-17(14(2)11-13)25-12-19(24)22(10-9-18(21)23)16-6-4-15(20)5-7-16/h3-8,11H,9-10,12H2,1-2H3,(H2,21,23). The van der Waals surface area contributed by atoms with Gasteiger partial charge in [0.05, 0.1) is 5.75 Å². The Kier molecular flexibility index (Phi) is 6.58. The number of nitrogens with two attached hydrogens (primary N) is 1. The van der Waals surface area contributed by atoms with E-state index in [0.29, 0.717) is 5.69 Å². The number of aryl methyl sites for hydroxylation is 2. The molecule has 0 unspecified atom stereocenters. The number of amides is 2. The molecule has 0 aliphatic rings. The highest BCUT2D eigenvalue weighted by molar-refractivity contribution is 8.00. The molecule has 0 radical (unpaired) electrons. The van der Waals surface area contributed by atoms with Crippen LogP contribution < -0.4 is 10.6 Å². The molecule has 4 nitrogen and oxygen atoms in total. The summed E-state index contributed by atoms with van der Waals surface area (Å²) in [6.07, 6.45) is 0.0529. The van der Waals surface area contributed by atoms with Crippen LogP contribution in [0.4, 0.5) is 10.1 Å². The molecule has 0 aliphatic carbocycles. The fraction of sp³-hybridized carbons (Fsp3) is 0.263. The summed E-state index contributed by atoms with van der Waals surface area (Å²) in [5, 5.41) is 0. The number of carbonyl (C=O) groups is 2. The molecule has 0 aromatic heterocycles. The minimum Gasteiger partial charge on any atom is -0.370 e. The fourth-order valence-electron chi connectivity index (χ4n) is 2.42. The maximum Gasteiger partial charge on any atom is 0.237 e. The SMILES string of the molecule is Cc1ccc(SCC(=O)N(CCC(N)=O)c2ccc(F)cc2)c(C)c1. The van der Waals surface area contributed by atoms with Crippen molar-refractivity contribution in [2.75, 3.05) is 17.2 Å². The van der Waals surface area contributed by atoms with Crippen molar-refractivity contribution in [3.8, 4) is 0 Å². The highest BCUT2D eigenvalue weighted by atomic mass is 32.2. The molecule has 0 heterocycles. The van der Waals surface area contributed by atoms with Gasteiger partial charge in [-0.2, -0.15) is 0 Å². The van der Waals surface area contributed by atoms with Gasteiger partial charge in [0.2, 0.25) is 11.8 Å². The van der Waals surface area contributed by atoms with Crippen LogP contribution in [0, 0.1) is 19.7 Å². The van der Waals surface area contributed by atoms with Gasteiger partial charge in [0.1, 0.15) is 5.82 Å². The summed E-state index contributed by atoms with van der Waals surface area (Å²) in [7, 11) is 0. The third kappa shape index (κ3) is 5.60. The van der Waals surface area contributed by atoms with Gasteiger partial charge in [0, 0.05) is 23.5 Å². The van der Waals surface area contributed by atoms with E-state index in [0.717, 1.165) is 10.5 Å². The van der Waals surface area contributed by atoms with Crippen LogP contribution in [-0.2, 0) is 9.59 Å². The molecular formula is C19H21FN2O2S. The van der Waals surface area contributed by atoms with Crippen LogP contribution in [-0.4, -0.2) is 24.1 Å². The molecular weight excluding hydrogens is 339 g/mol. The van der Waals surface area contributed by atoms with Gasteiger partial charge >= 0.3 is 0 Å². The van der Waals surface area contributed by atoms with E-state index in [-0.39, 0.29) is 30.4 Å². The lowest BCUT2D eigenvalue weighted by atomic mass is 10.2. The summed E-state index contributed by atoms with van der Waals surface area (Å²) >= 11 is 1.44. The number of nitrogens with zero attached hydrogens (tertiary/aromatic N) is 1. The summed E-state index contributed by atoms with van der Waals surface area (Å²) in [5.74, 6) is -0.796. The third-order valence-electron chi connectivity index (χ3n) is 3.70. The number of carbonyl (C=O) groups excluding carboxylic acids is 2. The topological polar surface area (TPSA) is 63.4 Å². The van der Waals surface area contributed by atoms with E-state index in [9.17, 15) is 14.0 Å². The van der Waals surface area contributed by atoms with Crippen molar-refractivity contribution in [1.29, 1.82) is 0 Å². The number of hydrogen-bond acceptors (Lipinski definition) is 3. The Balaban J connectivity index is 2.11. The predicted octanol–water partition coefficient (Wildman–Crippen LogP) is 3.44. The highest BCUT2D eigenvalue weighted by Crippen LogP contribution is 2.25. The summed E-state index contributed by atoms with van der Waals surface area (Å²) in [4.78, 5) is 26.2. The Morgan fingerprint density at radius 1 is 1.12 bits per heavy atom. The van der Waals surface area contributed by atoms with Crippen molar-refractivity contribution in [1.82, 2.24) is 0 Å². The number of rotatable bonds is 7. The molecule has 2 amide bonds. The molecule has 0 saturated heterocycles. The molecule has 132 valence electrons. The van der Waals surface area contributed by atoms with Crippen LogP contribution in [0.1, 0.15) is 17.5 Å². The van der Waals surface area contributed by atoms with Crippen molar-refractivity contribution in [2.24, 2.45) is 5.73 Å². The van der Waals surface area contributed by atoms with Crippen LogP contribution in [0.3, 0.4) is 0 Å². The summed E-state index contributed by atoms with van der Waals surface area (Å²) in [6, 6.07) is 11.7. The first-order chi connectivity index (χ1) is 11.9. The van der Waals surface area contributed by atoms with Crippen LogP contribution >= 0.6 is 11.8 Å². The number of benzene rings is 2. The lowest BCUT2D eigenvalue weighted by molar-refractivity contribution is -0.118. The van der Waals surface area contributed by atoms with Gasteiger partial charge in [-0.25, -0.2) is 4.39 Å². The van der Waals surface area contributed by atoms with Crippen LogP contribution in [0.25, 0.3) is 0 Å². The number of primary amides is 1. The van der Waals surface area contributed by atoms with Gasteiger partial charge < -0.3 is 10.6 Å². The Hall–Kier alpha value is -2.34. The zero-order valence-corrected chi connectivity index (χ0v) is 15.1. The lowest BCUT2D eigenvalue weighted by Gasteiger charge is -2.22. The normalized spacial score (nSPS) is 10.5. The van der Waals surface area contributed by atoms with E-state index in [2.05, 4.69) is 6.07 Å². The average Bonchev–Trinajstić information content (AvgIpc) is 2.55. The van der Waals surface area contributed by atoms with Gasteiger partial charge in [0.25, 0.3) is 0 Å². The molecule has 0 aliphatic heterocycles. The molecule has 0 bridgehead atoms. The average molecular weight is 360 g/mol. The second kappa shape index (κ2) is 8.67. The Bertz CT molecular complexity index is 763. The Labute approximate surface area is 151 Å². The minimum atomic E-state index is -0.484. The number of halogens is 1. The van der Waals surface area contributed by atoms with E-state index in [1.165, 1.54) is 46.5 Å². The predicted molar refractivity (Wildman–Crippen MR) is 99.2 cm³/mol. The monoisotopic (exact) mass is 360 g/mol. The second-order valence-electron chi connectivity index (χ2n) is 5.80. The number of hydrogen-bond donors (Lipinski definition) is 1. The van der Waals surface area contributed by atoms with E-state index < -0.39 is 5.91 Å². The smallest absolute Gasteiger partial charge is 0.237 e. The van der Waals surface area contributed by atoms with Gasteiger partial charge in [-0.3, -0.25) is 9.59 Å². The first-order valence-electron chi connectivity index (χ1n) is 7.91. The van der Waals surface area contributed by atoms with Crippen LogP contribution in [0.15, 0.2) is 47.4 Å². The molecule has 2 aromatic carbocycles. The first kappa shape index (κ1) is 19.0. The molecule has 6 heteroatoms. The van der Waals surface area contributed by atoms with E-state index in [1.54, 1.807) is 0 Å². The molecule has 25 heavy (non-hydrogen) atoms. The lowest BCUT2D eigenvalue weighted by Crippen LogP contribution is -2.35. The van der Waals surface area contributed by atoms with Gasteiger partial charge in [-0.1, -0.05) is 17.7 Å². The van der Waals surface area contributed by atoms with Gasteiger partial charge in [-0.05, 0) is 49.7 Å². The van der Waals surface area contributed by atoms with E-state index in [1.807, 2.05) is 26.0 Å². The van der Waals surface area contributed by atoms with Crippen LogP contribution in [0.5, 0.6) is 0 Å². The quantitative estimate of drug-likeness (QED) is 0.769. The number of thioether (sulfide) groups is 1. The summed E-state index contributed by atoms with van der Waals surface area (Å²) < 4.78 is 13.1. The molecule has 0 spiro atoms. The van der Waals surface area contributed by atoms with Gasteiger partial charge in [-0.15, -0.1) is 11.8 Å². The largest absolute Gasteiger partial charge is 0.370 e. The maximum absolute atomic E-state index is 13.1. The van der Waals surface area contributed by atoms with E-state index in [4.69, 9.17) is 5.73 Å². The van der Waals surface area contributed by atoms with Crippen LogP contribution in [0.2, 0.25) is 0 Å². The third-order valence-corrected chi connectivity index (χ3v) is 4.86.